The highest BCUT2D eigenvalue weighted by atomic mass is 32.2. The van der Waals surface area contributed by atoms with E-state index in [4.69, 9.17) is 24.2 Å². The number of unbranched alkanes of at least 4 members (excludes halogenated alkanes) is 11. The maximum absolute atomic E-state index is 13.3. The molecule has 3 aliphatic rings. The van der Waals surface area contributed by atoms with Crippen molar-refractivity contribution >= 4 is 34.3 Å². The van der Waals surface area contributed by atoms with Gasteiger partial charge in [-0.15, -0.1) is 18.3 Å². The number of thioether (sulfide) groups is 1. The lowest BCUT2D eigenvalue weighted by molar-refractivity contribution is -0.223. The van der Waals surface area contributed by atoms with Crippen LogP contribution in [0, 0.1) is 17.8 Å². The van der Waals surface area contributed by atoms with Gasteiger partial charge in [-0.3, -0.25) is 0 Å². The Morgan fingerprint density at radius 3 is 2.30 bits per heavy atom. The molecule has 1 saturated carbocycles. The van der Waals surface area contributed by atoms with Crippen LogP contribution in [0.1, 0.15) is 148 Å². The smallest absolute Gasteiger partial charge is 0.412 e. The summed E-state index contributed by atoms with van der Waals surface area (Å²) >= 11 is 1.75. The first-order valence-corrected chi connectivity index (χ1v) is 25.4. The fourth-order valence-corrected chi connectivity index (χ4v) is 11.4. The molecule has 0 bridgehead atoms. The monoisotopic (exact) mass is 897 g/mol. The van der Waals surface area contributed by atoms with Crippen molar-refractivity contribution in [2.45, 2.75) is 164 Å². The molecule has 6 rings (SSSR count). The zero-order valence-corrected chi connectivity index (χ0v) is 40.0. The van der Waals surface area contributed by atoms with Crippen molar-refractivity contribution in [1.82, 2.24) is 5.32 Å². The third kappa shape index (κ3) is 13.2. The van der Waals surface area contributed by atoms with E-state index in [-0.39, 0.29) is 48.7 Å². The van der Waals surface area contributed by atoms with Gasteiger partial charge in [0.25, 0.3) is 0 Å². The largest absolute Gasteiger partial charge is 0.460 e. The molecule has 1 amide bonds. The number of nitrogens with one attached hydrogen (secondary N) is 1. The van der Waals surface area contributed by atoms with Gasteiger partial charge in [-0.1, -0.05) is 125 Å². The zero-order valence-electron chi connectivity index (χ0n) is 39.2. The van der Waals surface area contributed by atoms with Crippen LogP contribution >= 0.6 is 11.8 Å². The number of fused-ring (bicyclic) bond motifs is 3. The Balaban J connectivity index is 1.36. The molecule has 3 aromatic rings. The van der Waals surface area contributed by atoms with Crippen molar-refractivity contribution in [3.8, 4) is 11.5 Å². The average Bonchev–Trinajstić information content (AvgIpc) is 3.28. The van der Waals surface area contributed by atoms with Gasteiger partial charge in [0.15, 0.2) is 0 Å². The molecule has 1 fully saturated rings. The second-order valence-electron chi connectivity index (χ2n) is 19.1. The molecule has 3 N–H and O–H groups in total. The van der Waals surface area contributed by atoms with Crippen LogP contribution < -0.4 is 14.8 Å². The Hall–Kier alpha value is -3.83. The van der Waals surface area contributed by atoms with Crippen LogP contribution in [0.25, 0.3) is 10.8 Å². The highest BCUT2D eigenvalue weighted by molar-refractivity contribution is 8.00. The van der Waals surface area contributed by atoms with E-state index in [1.54, 1.807) is 17.8 Å². The number of nitrogens with zero attached hydrogens (tertiary/aromatic N) is 1. The molecule has 350 valence electrons. The van der Waals surface area contributed by atoms with Crippen LogP contribution in [-0.4, -0.2) is 65.0 Å². The van der Waals surface area contributed by atoms with Crippen LogP contribution in [0.3, 0.4) is 0 Å². The lowest BCUT2D eigenvalue weighted by Crippen LogP contribution is -2.64. The van der Waals surface area contributed by atoms with Gasteiger partial charge in [-0.2, -0.15) is 0 Å². The van der Waals surface area contributed by atoms with Crippen LogP contribution in [-0.2, 0) is 9.57 Å². The molecule has 0 radical (unpaired) electrons. The second-order valence-corrected chi connectivity index (χ2v) is 20.4. The third-order valence-electron chi connectivity index (χ3n) is 13.1. The highest BCUT2D eigenvalue weighted by Gasteiger charge is 2.64. The summed E-state index contributed by atoms with van der Waals surface area (Å²) in [5.41, 5.74) is 2.40. The first-order chi connectivity index (χ1) is 31.1. The molecule has 2 aliphatic carbocycles. The van der Waals surface area contributed by atoms with Gasteiger partial charge in [0.05, 0.1) is 23.5 Å². The lowest BCUT2D eigenvalue weighted by atomic mass is 9.56. The topological polar surface area (TPSA) is 119 Å². The van der Waals surface area contributed by atoms with E-state index in [0.29, 0.717) is 37.3 Å². The second kappa shape index (κ2) is 24.6. The molecule has 0 spiro atoms. The summed E-state index contributed by atoms with van der Waals surface area (Å²) in [6.45, 7) is 13.5. The van der Waals surface area contributed by atoms with E-state index in [1.165, 1.54) is 56.8 Å². The van der Waals surface area contributed by atoms with E-state index in [0.717, 1.165) is 65.7 Å². The highest BCUT2D eigenvalue weighted by Crippen LogP contribution is 2.63. The first-order valence-electron chi connectivity index (χ1n) is 24.5. The summed E-state index contributed by atoms with van der Waals surface area (Å²) in [5, 5.41) is 30.0. The SMILES string of the molecule is C=CCO[C@@]12Oc3ccc(OC(=O)NCCCCCCCCCCCC)cc3[C@H]3[C@H](CCCCO)[C@@H](CCCCO)C=C(C(=NOC(C)(C)C)C[C@@H]1Sc1ccc4ccccc4c1)[C@H]32. The van der Waals surface area contributed by atoms with Crippen molar-refractivity contribution in [2.24, 2.45) is 22.9 Å². The first kappa shape index (κ1) is 49.6. The van der Waals surface area contributed by atoms with Gasteiger partial charge in [0, 0.05) is 42.6 Å². The Kier molecular flexibility index (Phi) is 19.1. The van der Waals surface area contributed by atoms with Gasteiger partial charge >= 0.3 is 6.09 Å². The summed E-state index contributed by atoms with van der Waals surface area (Å²) in [6, 6.07) is 20.8. The molecule has 0 saturated heterocycles. The normalized spacial score (nSPS) is 23.2. The van der Waals surface area contributed by atoms with Gasteiger partial charge in [-0.25, -0.2) is 4.79 Å². The van der Waals surface area contributed by atoms with E-state index in [1.807, 2.05) is 39.0 Å². The number of ether oxygens (including phenoxy) is 3. The molecule has 10 heteroatoms. The summed E-state index contributed by atoms with van der Waals surface area (Å²) in [7, 11) is 0. The van der Waals surface area contributed by atoms with Crippen molar-refractivity contribution in [1.29, 1.82) is 0 Å². The average molecular weight is 897 g/mol. The minimum absolute atomic E-state index is 0.121. The van der Waals surface area contributed by atoms with Gasteiger partial charge in [0.2, 0.25) is 5.79 Å². The number of oxime groups is 1. The molecule has 64 heavy (non-hydrogen) atoms. The third-order valence-corrected chi connectivity index (χ3v) is 14.4. The summed E-state index contributed by atoms with van der Waals surface area (Å²) in [5.74, 6) is -0.110. The number of allylic oxidation sites excluding steroid dienone is 1. The minimum Gasteiger partial charge on any atom is -0.460 e. The fraction of sp³-hybridized carbons (Fsp3) is 0.593. The van der Waals surface area contributed by atoms with E-state index in [9.17, 15) is 15.0 Å². The number of hydrogen-bond donors (Lipinski definition) is 3. The molecule has 6 atom stereocenters. The molecule has 1 aliphatic heterocycles. The molecule has 1 heterocycles. The molecule has 0 aromatic heterocycles. The molecular formula is C54H76N2O7S. The van der Waals surface area contributed by atoms with Crippen molar-refractivity contribution in [3.05, 3.63) is 90.5 Å². The number of amides is 1. The summed E-state index contributed by atoms with van der Waals surface area (Å²) in [6.07, 6.45) is 21.5. The van der Waals surface area contributed by atoms with Crippen LogP contribution in [0.15, 0.2) is 95.0 Å². The number of hydrogen-bond acceptors (Lipinski definition) is 9. The maximum Gasteiger partial charge on any atom is 0.412 e. The van der Waals surface area contributed by atoms with Crippen LogP contribution in [0.4, 0.5) is 4.79 Å². The molecule has 0 unspecified atom stereocenters. The Morgan fingerprint density at radius 1 is 0.891 bits per heavy atom. The number of rotatable bonds is 26. The van der Waals surface area contributed by atoms with Crippen molar-refractivity contribution in [2.75, 3.05) is 26.4 Å². The fourth-order valence-electron chi connectivity index (χ4n) is 10.0. The zero-order chi connectivity index (χ0) is 45.4. The minimum atomic E-state index is -1.13. The lowest BCUT2D eigenvalue weighted by Gasteiger charge is -2.58. The van der Waals surface area contributed by atoms with Crippen LogP contribution in [0.2, 0.25) is 0 Å². The van der Waals surface area contributed by atoms with E-state index in [2.05, 4.69) is 67.4 Å². The van der Waals surface area contributed by atoms with Crippen LogP contribution in [0.5, 0.6) is 11.5 Å². The van der Waals surface area contributed by atoms with E-state index < -0.39 is 17.5 Å². The Labute approximate surface area is 387 Å². The number of carbonyl (C=O) groups excluding carboxylic acids is 1. The van der Waals surface area contributed by atoms with Crippen molar-refractivity contribution in [3.63, 3.8) is 0 Å². The number of benzene rings is 3. The summed E-state index contributed by atoms with van der Waals surface area (Å²) in [4.78, 5) is 20.7. The predicted octanol–water partition coefficient (Wildman–Crippen LogP) is 13.1. The standard InChI is InChI=1S/C54H76N2O7S/c1-6-8-9-10-11-12-13-14-15-20-31-55-52(59)61-42-28-30-48-46(37-42)50-44(26-19-22-33-58)41(25-18-21-32-57)36-45-47(56-63-53(3,4)5)38-49(54(62-48,51(45)50)60-34-7-2)64-43-29-27-39-23-16-17-24-40(39)35-43/h7,16-17,23-24,27-30,35-37,41,44,49-51,57-58H,2,6,8-15,18-22,25-26,31-34,38H2,1,3-5H3,(H,55,59)/t41-,44+,49-,50+,51+,54+/m0/s1. The number of aliphatic hydroxyl groups excluding tert-OH is 2. The quantitative estimate of drug-likeness (QED) is 0.0414. The van der Waals surface area contributed by atoms with Gasteiger partial charge < -0.3 is 34.6 Å². The van der Waals surface area contributed by atoms with Gasteiger partial charge in [-0.05, 0) is 111 Å². The van der Waals surface area contributed by atoms with Crippen molar-refractivity contribution < 1.29 is 34.1 Å². The molecule has 3 aromatic carbocycles. The number of aliphatic hydroxyl groups is 2. The number of carbonyl (C=O) groups is 1. The predicted molar refractivity (Wildman–Crippen MR) is 261 cm³/mol. The maximum atomic E-state index is 13.3. The summed E-state index contributed by atoms with van der Waals surface area (Å²) < 4.78 is 20.5. The molecule has 9 nitrogen and oxygen atoms in total. The van der Waals surface area contributed by atoms with Gasteiger partial charge in [0.1, 0.15) is 17.1 Å². The Morgan fingerprint density at radius 2 is 1.59 bits per heavy atom. The molecular weight excluding hydrogens is 821 g/mol. The van der Waals surface area contributed by atoms with E-state index >= 15 is 0 Å². The Bertz CT molecular complexity index is 2010.